The van der Waals surface area contributed by atoms with E-state index < -0.39 is 0 Å². The van der Waals surface area contributed by atoms with E-state index in [4.69, 9.17) is 8.83 Å². The van der Waals surface area contributed by atoms with Gasteiger partial charge in [-0.2, -0.15) is 10.5 Å². The topological polar surface area (TPSA) is 78.8 Å². The molecule has 0 aliphatic rings. The summed E-state index contributed by atoms with van der Waals surface area (Å²) < 4.78 is 14.7. The van der Waals surface area contributed by atoms with Crippen molar-refractivity contribution in [2.45, 2.75) is 0 Å². The van der Waals surface area contributed by atoms with Gasteiger partial charge in [-0.25, -0.2) is 0 Å². The lowest BCUT2D eigenvalue weighted by Crippen LogP contribution is -2.01. The van der Waals surface area contributed by atoms with E-state index in [1.807, 2.05) is 41.0 Å². The predicted molar refractivity (Wildman–Crippen MR) is 170 cm³/mol. The van der Waals surface area contributed by atoms with Crippen LogP contribution in [0.15, 0.2) is 124 Å². The van der Waals surface area contributed by atoms with E-state index >= 15 is 0 Å². The van der Waals surface area contributed by atoms with Gasteiger partial charge < -0.3 is 13.4 Å². The summed E-state index contributed by atoms with van der Waals surface area (Å²) in [5.74, 6) is 0. The second-order valence-electron chi connectivity index (χ2n) is 10.7. The number of aromatic nitrogens is 1. The molecular formula is C38H19N3O2. The number of fused-ring (bicyclic) bond motifs is 10. The highest BCUT2D eigenvalue weighted by Gasteiger charge is 2.22. The molecule has 0 bridgehead atoms. The molecule has 5 heteroatoms. The highest BCUT2D eigenvalue weighted by Crippen LogP contribution is 2.43. The normalized spacial score (nSPS) is 11.7. The quantitative estimate of drug-likeness (QED) is 0.215. The molecule has 9 rings (SSSR count). The summed E-state index contributed by atoms with van der Waals surface area (Å²) >= 11 is 0. The molecule has 0 aliphatic carbocycles. The smallest absolute Gasteiger partial charge is 0.145 e. The van der Waals surface area contributed by atoms with Crippen LogP contribution in [0.1, 0.15) is 11.1 Å². The number of hydrogen-bond donors (Lipinski definition) is 0. The van der Waals surface area contributed by atoms with E-state index in [2.05, 4.69) is 72.8 Å². The van der Waals surface area contributed by atoms with Crippen molar-refractivity contribution in [2.24, 2.45) is 0 Å². The lowest BCUT2D eigenvalue weighted by atomic mass is 10.0. The first-order valence-corrected chi connectivity index (χ1v) is 14.0. The van der Waals surface area contributed by atoms with Gasteiger partial charge in [0.15, 0.2) is 0 Å². The molecular weight excluding hydrogens is 530 g/mol. The van der Waals surface area contributed by atoms with Crippen molar-refractivity contribution in [3.05, 3.63) is 126 Å². The number of nitrogens with zero attached hydrogens (tertiary/aromatic N) is 3. The maximum Gasteiger partial charge on any atom is 0.145 e. The van der Waals surface area contributed by atoms with Crippen molar-refractivity contribution in [3.63, 3.8) is 0 Å². The van der Waals surface area contributed by atoms with Crippen molar-refractivity contribution >= 4 is 65.7 Å². The molecule has 43 heavy (non-hydrogen) atoms. The molecule has 3 aromatic heterocycles. The van der Waals surface area contributed by atoms with Crippen LogP contribution in [0.25, 0.3) is 82.5 Å². The lowest BCUT2D eigenvalue weighted by molar-refractivity contribution is 0.669. The molecule has 0 radical (unpaired) electrons. The van der Waals surface area contributed by atoms with E-state index in [0.717, 1.165) is 76.8 Å². The number of benzene rings is 6. The minimum atomic E-state index is 0.432. The van der Waals surface area contributed by atoms with Crippen molar-refractivity contribution in [2.75, 3.05) is 0 Å². The molecule has 0 spiro atoms. The number of para-hydroxylation sites is 3. The van der Waals surface area contributed by atoms with Gasteiger partial charge in [-0.15, -0.1) is 0 Å². The van der Waals surface area contributed by atoms with Crippen molar-refractivity contribution in [1.82, 2.24) is 4.57 Å². The summed E-state index contributed by atoms with van der Waals surface area (Å²) in [5, 5.41) is 26.3. The van der Waals surface area contributed by atoms with Crippen LogP contribution in [0, 0.1) is 22.7 Å². The fraction of sp³-hybridized carbons (Fsp3) is 0. The molecule has 0 N–H and O–H groups in total. The van der Waals surface area contributed by atoms with E-state index in [0.29, 0.717) is 16.8 Å². The first-order chi connectivity index (χ1) is 21.2. The molecule has 0 unspecified atom stereocenters. The second kappa shape index (κ2) is 8.60. The summed E-state index contributed by atoms with van der Waals surface area (Å²) in [6.45, 7) is 0. The van der Waals surface area contributed by atoms with Gasteiger partial charge in [-0.1, -0.05) is 54.6 Å². The number of hydrogen-bond acceptors (Lipinski definition) is 4. The SMILES string of the molecule is N#Cc1cccc(C#N)c1-n1c2ccc(-c3ccc4c(c3)oc3ccccc34)cc2c2c3oc4ccccc4c3ccc21. The van der Waals surface area contributed by atoms with E-state index in [-0.39, 0.29) is 0 Å². The molecule has 3 heterocycles. The van der Waals surface area contributed by atoms with Gasteiger partial charge in [-0.3, -0.25) is 0 Å². The van der Waals surface area contributed by atoms with Crippen molar-refractivity contribution in [1.29, 1.82) is 10.5 Å². The second-order valence-corrected chi connectivity index (χ2v) is 10.7. The first kappa shape index (κ1) is 23.4. The Balaban J connectivity index is 1.40. The van der Waals surface area contributed by atoms with Gasteiger partial charge in [0.1, 0.15) is 34.5 Å². The zero-order valence-corrected chi connectivity index (χ0v) is 22.6. The Hall–Kier alpha value is -6.30. The standard InChI is InChI=1S/C38H19N3O2/c39-20-24-6-5-7-25(21-40)37(24)41-31-16-13-22(23-12-14-28-26-8-1-3-10-33(26)42-35(28)19-23)18-30(31)36-32(41)17-15-29-27-9-2-4-11-34(27)43-38(29)36/h1-19H. The third kappa shape index (κ3) is 3.19. The fourth-order valence-electron chi connectivity index (χ4n) is 6.58. The van der Waals surface area contributed by atoms with Crippen LogP contribution in [0.3, 0.4) is 0 Å². The maximum atomic E-state index is 10.1. The fourth-order valence-corrected chi connectivity index (χ4v) is 6.58. The predicted octanol–water partition coefficient (Wildman–Crippen LogP) is 9.99. The Morgan fingerprint density at radius 2 is 1.09 bits per heavy atom. The van der Waals surface area contributed by atoms with Gasteiger partial charge in [-0.05, 0) is 71.8 Å². The Labute approximate surface area is 244 Å². The van der Waals surface area contributed by atoms with E-state index in [1.165, 1.54) is 0 Å². The highest BCUT2D eigenvalue weighted by molar-refractivity contribution is 6.24. The Morgan fingerprint density at radius 3 is 1.86 bits per heavy atom. The van der Waals surface area contributed by atoms with Crippen LogP contribution in [-0.4, -0.2) is 4.57 Å². The zero-order valence-electron chi connectivity index (χ0n) is 22.6. The molecule has 0 aliphatic heterocycles. The molecule has 0 saturated carbocycles. The third-order valence-electron chi connectivity index (χ3n) is 8.49. The van der Waals surface area contributed by atoms with Crippen LogP contribution in [-0.2, 0) is 0 Å². The van der Waals surface area contributed by atoms with Gasteiger partial charge >= 0.3 is 0 Å². The minimum Gasteiger partial charge on any atom is -0.456 e. The van der Waals surface area contributed by atoms with Crippen molar-refractivity contribution in [3.8, 4) is 29.0 Å². The van der Waals surface area contributed by atoms with Crippen LogP contribution in [0.5, 0.6) is 0 Å². The molecule has 5 nitrogen and oxygen atoms in total. The summed E-state index contributed by atoms with van der Waals surface area (Å²) in [7, 11) is 0. The van der Waals surface area contributed by atoms with E-state index in [1.54, 1.807) is 18.2 Å². The number of nitriles is 2. The molecule has 0 amide bonds. The third-order valence-corrected chi connectivity index (χ3v) is 8.49. The monoisotopic (exact) mass is 549 g/mol. The Kier molecular flexibility index (Phi) is 4.68. The van der Waals surface area contributed by atoms with Crippen LogP contribution >= 0.6 is 0 Å². The molecule has 0 fully saturated rings. The highest BCUT2D eigenvalue weighted by atomic mass is 16.3. The van der Waals surface area contributed by atoms with E-state index in [9.17, 15) is 10.5 Å². The van der Waals surface area contributed by atoms with Crippen LogP contribution < -0.4 is 0 Å². The average Bonchev–Trinajstić information content (AvgIpc) is 3.72. The molecule has 0 saturated heterocycles. The summed E-state index contributed by atoms with van der Waals surface area (Å²) in [4.78, 5) is 0. The van der Waals surface area contributed by atoms with Gasteiger partial charge in [0.2, 0.25) is 0 Å². The maximum absolute atomic E-state index is 10.1. The lowest BCUT2D eigenvalue weighted by Gasteiger charge is -2.12. The average molecular weight is 550 g/mol. The Morgan fingerprint density at radius 1 is 0.488 bits per heavy atom. The van der Waals surface area contributed by atoms with Gasteiger partial charge in [0.05, 0.1) is 33.2 Å². The van der Waals surface area contributed by atoms with Crippen LogP contribution in [0.2, 0.25) is 0 Å². The number of furan rings is 2. The number of rotatable bonds is 2. The molecule has 6 aromatic carbocycles. The Bertz CT molecular complexity index is 2680. The molecule has 198 valence electrons. The molecule has 0 atom stereocenters. The largest absolute Gasteiger partial charge is 0.456 e. The van der Waals surface area contributed by atoms with Gasteiger partial charge in [0.25, 0.3) is 0 Å². The summed E-state index contributed by atoms with van der Waals surface area (Å²) in [5.41, 5.74) is 8.53. The zero-order chi connectivity index (χ0) is 28.7. The summed E-state index contributed by atoms with van der Waals surface area (Å²) in [6.07, 6.45) is 0. The summed E-state index contributed by atoms with van der Waals surface area (Å²) in [6, 6.07) is 42.8. The van der Waals surface area contributed by atoms with Crippen LogP contribution in [0.4, 0.5) is 0 Å². The first-order valence-electron chi connectivity index (χ1n) is 14.0. The van der Waals surface area contributed by atoms with Crippen molar-refractivity contribution < 1.29 is 8.83 Å². The molecule has 9 aromatic rings. The van der Waals surface area contributed by atoms with Gasteiger partial charge in [0, 0.05) is 26.9 Å². The minimum absolute atomic E-state index is 0.432.